The van der Waals surface area contributed by atoms with Gasteiger partial charge in [-0.3, -0.25) is 0 Å². The molecule has 5 nitrogen and oxygen atoms in total. The third-order valence-electron chi connectivity index (χ3n) is 3.66. The van der Waals surface area contributed by atoms with Crippen LogP contribution in [0, 0.1) is 12.3 Å². The number of halogens is 3. The number of oxime groups is 2. The van der Waals surface area contributed by atoms with Crippen LogP contribution in [0.2, 0.25) is 0 Å². The molecule has 0 N–H and O–H groups in total. The largest absolute Gasteiger partial charge is 0.489 e. The average molecular weight is 404 g/mol. The van der Waals surface area contributed by atoms with Gasteiger partial charge in [0.1, 0.15) is 30.9 Å². The Bertz CT molecular complexity index is 914. The number of terminal acetylenes is 1. The third-order valence-corrected chi connectivity index (χ3v) is 3.66. The number of ether oxygens (including phenoxy) is 1. The molecule has 152 valence electrons. The smallest absolute Gasteiger partial charge is 0.416 e. The van der Waals surface area contributed by atoms with Crippen molar-refractivity contribution < 1.29 is 27.6 Å². The first-order chi connectivity index (χ1) is 13.8. The third kappa shape index (κ3) is 6.57. The molecule has 0 aliphatic rings. The van der Waals surface area contributed by atoms with Gasteiger partial charge in [0.15, 0.2) is 6.61 Å². The Morgan fingerprint density at radius 1 is 1.10 bits per heavy atom. The zero-order valence-electron chi connectivity index (χ0n) is 15.9. The molecule has 2 aromatic rings. The van der Waals surface area contributed by atoms with Crippen LogP contribution in [0.25, 0.3) is 0 Å². The highest BCUT2D eigenvalue weighted by Gasteiger charge is 2.30. The first kappa shape index (κ1) is 21.8. The van der Waals surface area contributed by atoms with Crippen molar-refractivity contribution in [2.45, 2.75) is 19.7 Å². The SMILES string of the molecule is C#CCO/N=C(C)/C(=N\OC)c1ccc(OCc2cccc(C(F)(F)F)c2)cc1. The Labute approximate surface area is 166 Å². The summed E-state index contributed by atoms with van der Waals surface area (Å²) in [5.41, 5.74) is 1.29. The van der Waals surface area contributed by atoms with E-state index in [1.165, 1.54) is 13.2 Å². The second-order valence-electron chi connectivity index (χ2n) is 5.79. The summed E-state index contributed by atoms with van der Waals surface area (Å²) in [6, 6.07) is 11.8. The molecule has 0 atom stereocenters. The molecule has 0 bridgehead atoms. The van der Waals surface area contributed by atoms with Crippen molar-refractivity contribution in [1.29, 1.82) is 0 Å². The number of nitrogens with zero attached hydrogens (tertiary/aromatic N) is 2. The highest BCUT2D eigenvalue weighted by Crippen LogP contribution is 2.29. The minimum absolute atomic E-state index is 0.00268. The van der Waals surface area contributed by atoms with Crippen LogP contribution < -0.4 is 4.74 Å². The van der Waals surface area contributed by atoms with Crippen LogP contribution in [0.4, 0.5) is 13.2 Å². The first-order valence-electron chi connectivity index (χ1n) is 8.46. The van der Waals surface area contributed by atoms with Gasteiger partial charge in [0.05, 0.1) is 5.56 Å². The van der Waals surface area contributed by atoms with Gasteiger partial charge in [-0.1, -0.05) is 28.4 Å². The van der Waals surface area contributed by atoms with Gasteiger partial charge >= 0.3 is 6.18 Å². The zero-order chi connectivity index (χ0) is 21.3. The van der Waals surface area contributed by atoms with Crippen molar-refractivity contribution in [2.24, 2.45) is 10.3 Å². The molecule has 0 saturated carbocycles. The van der Waals surface area contributed by atoms with Crippen molar-refractivity contribution in [3.05, 3.63) is 65.2 Å². The van der Waals surface area contributed by atoms with Crippen molar-refractivity contribution in [3.8, 4) is 18.1 Å². The Morgan fingerprint density at radius 3 is 2.45 bits per heavy atom. The maximum Gasteiger partial charge on any atom is 0.416 e. The summed E-state index contributed by atoms with van der Waals surface area (Å²) in [5, 5.41) is 7.81. The van der Waals surface area contributed by atoms with Crippen LogP contribution in [0.3, 0.4) is 0 Å². The van der Waals surface area contributed by atoms with E-state index in [-0.39, 0.29) is 13.2 Å². The molecule has 29 heavy (non-hydrogen) atoms. The molecule has 0 amide bonds. The standard InChI is InChI=1S/C21H19F3N2O3/c1-4-12-29-25-15(2)20(26-27-3)17-8-10-19(11-9-17)28-14-16-6-5-7-18(13-16)21(22,23)24/h1,5-11,13H,12,14H2,2-3H3/b25-15+,26-20+. The molecule has 2 aromatic carbocycles. The fourth-order valence-corrected chi connectivity index (χ4v) is 2.34. The lowest BCUT2D eigenvalue weighted by Gasteiger charge is -2.11. The Hall–Kier alpha value is -3.47. The van der Waals surface area contributed by atoms with Crippen LogP contribution in [0.15, 0.2) is 58.8 Å². The molecule has 0 aliphatic carbocycles. The van der Waals surface area contributed by atoms with E-state index in [9.17, 15) is 13.2 Å². The van der Waals surface area contributed by atoms with E-state index in [0.29, 0.717) is 28.3 Å². The second-order valence-corrected chi connectivity index (χ2v) is 5.79. The highest BCUT2D eigenvalue weighted by atomic mass is 19.4. The van der Waals surface area contributed by atoms with E-state index in [1.807, 2.05) is 0 Å². The normalized spacial score (nSPS) is 12.3. The van der Waals surface area contributed by atoms with Crippen LogP contribution in [-0.2, 0) is 22.5 Å². The molecule has 8 heteroatoms. The summed E-state index contributed by atoms with van der Waals surface area (Å²) in [4.78, 5) is 9.80. The Kier molecular flexibility index (Phi) is 7.66. The lowest BCUT2D eigenvalue weighted by Crippen LogP contribution is -2.13. The van der Waals surface area contributed by atoms with Crippen LogP contribution in [0.5, 0.6) is 5.75 Å². The van der Waals surface area contributed by atoms with Gasteiger partial charge in [0, 0.05) is 5.56 Å². The van der Waals surface area contributed by atoms with Crippen molar-refractivity contribution >= 4 is 11.4 Å². The van der Waals surface area contributed by atoms with Gasteiger partial charge in [-0.15, -0.1) is 6.42 Å². The van der Waals surface area contributed by atoms with Gasteiger partial charge in [-0.2, -0.15) is 13.2 Å². The average Bonchev–Trinajstić information content (AvgIpc) is 2.70. The number of hydrogen-bond donors (Lipinski definition) is 0. The summed E-state index contributed by atoms with van der Waals surface area (Å²) >= 11 is 0. The fraction of sp³-hybridized carbons (Fsp3) is 0.238. The van der Waals surface area contributed by atoms with Gasteiger partial charge in [-0.25, -0.2) is 0 Å². The minimum Gasteiger partial charge on any atom is -0.489 e. The number of hydrogen-bond acceptors (Lipinski definition) is 5. The quantitative estimate of drug-likeness (QED) is 0.278. The lowest BCUT2D eigenvalue weighted by molar-refractivity contribution is -0.137. The zero-order valence-corrected chi connectivity index (χ0v) is 15.9. The van der Waals surface area contributed by atoms with Gasteiger partial charge in [0.25, 0.3) is 0 Å². The predicted octanol–water partition coefficient (Wildman–Crippen LogP) is 4.66. The van der Waals surface area contributed by atoms with Crippen LogP contribution in [0.1, 0.15) is 23.6 Å². The van der Waals surface area contributed by atoms with Crippen molar-refractivity contribution in [3.63, 3.8) is 0 Å². The molecule has 0 aromatic heterocycles. The van der Waals surface area contributed by atoms with E-state index in [2.05, 4.69) is 16.2 Å². The molecule has 0 radical (unpaired) electrons. The predicted molar refractivity (Wildman–Crippen MR) is 104 cm³/mol. The molecule has 0 aliphatic heterocycles. The van der Waals surface area contributed by atoms with Crippen molar-refractivity contribution in [2.75, 3.05) is 13.7 Å². The molecular formula is C21H19F3N2O3. The summed E-state index contributed by atoms with van der Waals surface area (Å²) in [7, 11) is 1.40. The summed E-state index contributed by atoms with van der Waals surface area (Å²) in [5.74, 6) is 2.79. The summed E-state index contributed by atoms with van der Waals surface area (Å²) in [6.07, 6.45) is 0.718. The molecular weight excluding hydrogens is 385 g/mol. The van der Waals surface area contributed by atoms with Gasteiger partial charge in [-0.05, 0) is 48.9 Å². The van der Waals surface area contributed by atoms with Gasteiger partial charge in [0.2, 0.25) is 0 Å². The topological polar surface area (TPSA) is 52.4 Å². The molecule has 2 rings (SSSR count). The van der Waals surface area contributed by atoms with Crippen LogP contribution in [-0.4, -0.2) is 25.1 Å². The van der Waals surface area contributed by atoms with E-state index >= 15 is 0 Å². The second kappa shape index (κ2) is 10.2. The monoisotopic (exact) mass is 404 g/mol. The lowest BCUT2D eigenvalue weighted by atomic mass is 10.1. The van der Waals surface area contributed by atoms with Crippen LogP contribution >= 0.6 is 0 Å². The molecule has 0 unspecified atom stereocenters. The summed E-state index contributed by atoms with van der Waals surface area (Å²) in [6.45, 7) is 1.72. The summed E-state index contributed by atoms with van der Waals surface area (Å²) < 4.78 is 43.9. The van der Waals surface area contributed by atoms with E-state index in [1.54, 1.807) is 37.3 Å². The maximum absolute atomic E-state index is 12.8. The van der Waals surface area contributed by atoms with E-state index < -0.39 is 11.7 Å². The molecule has 0 heterocycles. The van der Waals surface area contributed by atoms with E-state index in [4.69, 9.17) is 20.8 Å². The minimum atomic E-state index is -4.39. The van der Waals surface area contributed by atoms with Gasteiger partial charge < -0.3 is 14.4 Å². The first-order valence-corrected chi connectivity index (χ1v) is 8.46. The van der Waals surface area contributed by atoms with Crippen molar-refractivity contribution in [1.82, 2.24) is 0 Å². The molecule has 0 spiro atoms. The Morgan fingerprint density at radius 2 is 1.83 bits per heavy atom. The fourth-order valence-electron chi connectivity index (χ4n) is 2.34. The highest BCUT2D eigenvalue weighted by molar-refractivity contribution is 6.47. The molecule has 0 saturated heterocycles. The molecule has 0 fully saturated rings. The number of alkyl halides is 3. The number of rotatable bonds is 8. The number of benzene rings is 2. The van der Waals surface area contributed by atoms with E-state index in [0.717, 1.165) is 12.1 Å². The maximum atomic E-state index is 12.8. The Balaban J connectivity index is 2.08.